The predicted octanol–water partition coefficient (Wildman–Crippen LogP) is 1.40. The van der Waals surface area contributed by atoms with E-state index >= 15 is 0 Å². The molecule has 2 saturated heterocycles. The first kappa shape index (κ1) is 13.6. The van der Waals surface area contributed by atoms with Gasteiger partial charge in [0.15, 0.2) is 0 Å². The fraction of sp³-hybridized carbons (Fsp3) is 0.562. The molecule has 0 aromatic heterocycles. The smallest absolute Gasteiger partial charge is 0.310 e. The van der Waals surface area contributed by atoms with Gasteiger partial charge in [-0.05, 0) is 25.5 Å². The first-order valence-corrected chi connectivity index (χ1v) is 7.16. The second-order valence-corrected chi connectivity index (χ2v) is 5.91. The fourth-order valence-electron chi connectivity index (χ4n) is 3.99. The monoisotopic (exact) mass is 275 g/mol. The van der Waals surface area contributed by atoms with E-state index in [1.54, 1.807) is 0 Å². The van der Waals surface area contributed by atoms with Gasteiger partial charge in [-0.25, -0.2) is 0 Å². The Morgan fingerprint density at radius 2 is 1.95 bits per heavy atom. The highest BCUT2D eigenvalue weighted by Crippen LogP contribution is 2.46. The summed E-state index contributed by atoms with van der Waals surface area (Å²) >= 11 is 0. The van der Waals surface area contributed by atoms with Crippen LogP contribution in [-0.4, -0.2) is 48.3 Å². The maximum absolute atomic E-state index is 12.3. The van der Waals surface area contributed by atoms with E-state index in [1.165, 1.54) is 12.7 Å². The number of nitrogens with zero attached hydrogens (tertiary/aromatic N) is 1. The number of likely N-dealkylation sites (N-methyl/N-ethyl adjacent to an activating group) is 1. The van der Waals surface area contributed by atoms with Gasteiger partial charge in [0.1, 0.15) is 0 Å². The average Bonchev–Trinajstić information content (AvgIpc) is 2.66. The Bertz CT molecular complexity index is 490. The quantitative estimate of drug-likeness (QED) is 0.829. The van der Waals surface area contributed by atoms with Crippen molar-refractivity contribution in [3.05, 3.63) is 35.9 Å². The van der Waals surface area contributed by atoms with E-state index < -0.39 is 0 Å². The SMILES string of the molecule is COC(=O)[C@@H]1[C@H]2C[C@H](O)[C@@H](C[C@H]1c1ccccc1)N2C. The molecule has 0 amide bonds. The lowest BCUT2D eigenvalue weighted by Gasteiger charge is -2.41. The first-order valence-electron chi connectivity index (χ1n) is 7.16. The fourth-order valence-corrected chi connectivity index (χ4v) is 3.99. The van der Waals surface area contributed by atoms with Crippen LogP contribution in [0, 0.1) is 5.92 Å². The third-order valence-corrected chi connectivity index (χ3v) is 5.02. The molecule has 0 spiro atoms. The van der Waals surface area contributed by atoms with Gasteiger partial charge in [-0.3, -0.25) is 9.69 Å². The number of esters is 1. The third-order valence-electron chi connectivity index (χ3n) is 5.02. The van der Waals surface area contributed by atoms with Crippen LogP contribution >= 0.6 is 0 Å². The maximum Gasteiger partial charge on any atom is 0.310 e. The molecule has 2 fully saturated rings. The van der Waals surface area contributed by atoms with Crippen LogP contribution < -0.4 is 0 Å². The van der Waals surface area contributed by atoms with Crippen molar-refractivity contribution in [2.45, 2.75) is 36.9 Å². The normalized spacial score (nSPS) is 36.9. The van der Waals surface area contributed by atoms with Crippen LogP contribution in [0.4, 0.5) is 0 Å². The molecule has 2 heterocycles. The number of carbonyl (C=O) groups excluding carboxylic acids is 1. The molecule has 0 saturated carbocycles. The Hall–Kier alpha value is -1.39. The number of benzene rings is 1. The van der Waals surface area contributed by atoms with Crippen molar-refractivity contribution in [3.63, 3.8) is 0 Å². The van der Waals surface area contributed by atoms with Crippen molar-refractivity contribution in [1.29, 1.82) is 0 Å². The Morgan fingerprint density at radius 3 is 2.60 bits per heavy atom. The van der Waals surface area contributed by atoms with Crippen molar-refractivity contribution < 1.29 is 14.6 Å². The van der Waals surface area contributed by atoms with Gasteiger partial charge in [0.05, 0.1) is 19.1 Å². The number of ether oxygens (including phenoxy) is 1. The van der Waals surface area contributed by atoms with Gasteiger partial charge in [0.2, 0.25) is 0 Å². The van der Waals surface area contributed by atoms with Crippen LogP contribution in [0.2, 0.25) is 0 Å². The Labute approximate surface area is 119 Å². The highest BCUT2D eigenvalue weighted by molar-refractivity contribution is 5.75. The van der Waals surface area contributed by atoms with Crippen LogP contribution in [-0.2, 0) is 9.53 Å². The molecule has 4 heteroatoms. The van der Waals surface area contributed by atoms with Crippen LogP contribution in [0.25, 0.3) is 0 Å². The number of hydrogen-bond acceptors (Lipinski definition) is 4. The lowest BCUT2D eigenvalue weighted by Crippen LogP contribution is -2.49. The van der Waals surface area contributed by atoms with E-state index in [0.717, 1.165) is 6.42 Å². The molecule has 108 valence electrons. The molecule has 2 aliphatic rings. The molecule has 0 aliphatic carbocycles. The summed E-state index contributed by atoms with van der Waals surface area (Å²) in [5.41, 5.74) is 1.17. The Kier molecular flexibility index (Phi) is 3.52. The second-order valence-electron chi connectivity index (χ2n) is 5.91. The minimum absolute atomic E-state index is 0.0707. The number of rotatable bonds is 2. The molecule has 5 atom stereocenters. The topological polar surface area (TPSA) is 49.8 Å². The summed E-state index contributed by atoms with van der Waals surface area (Å²) in [4.78, 5) is 14.4. The number of hydrogen-bond donors (Lipinski definition) is 1. The van der Waals surface area contributed by atoms with Crippen molar-refractivity contribution >= 4 is 5.97 Å². The molecule has 20 heavy (non-hydrogen) atoms. The van der Waals surface area contributed by atoms with E-state index in [2.05, 4.69) is 17.0 Å². The molecule has 1 aromatic carbocycles. The molecule has 1 aromatic rings. The van der Waals surface area contributed by atoms with Crippen molar-refractivity contribution in [1.82, 2.24) is 4.90 Å². The predicted molar refractivity (Wildman–Crippen MR) is 75.3 cm³/mol. The van der Waals surface area contributed by atoms with Gasteiger partial charge in [-0.1, -0.05) is 30.3 Å². The average molecular weight is 275 g/mol. The van der Waals surface area contributed by atoms with Crippen LogP contribution in [0.5, 0.6) is 0 Å². The summed E-state index contributed by atoms with van der Waals surface area (Å²) in [5.74, 6) is -0.226. The highest BCUT2D eigenvalue weighted by atomic mass is 16.5. The van der Waals surface area contributed by atoms with Crippen molar-refractivity contribution in [2.75, 3.05) is 14.2 Å². The molecular weight excluding hydrogens is 254 g/mol. The van der Waals surface area contributed by atoms with Crippen molar-refractivity contribution in [3.8, 4) is 0 Å². The molecule has 4 nitrogen and oxygen atoms in total. The molecule has 0 unspecified atom stereocenters. The van der Waals surface area contributed by atoms with E-state index in [9.17, 15) is 9.90 Å². The standard InChI is InChI=1S/C16H21NO3/c1-17-12-8-11(10-6-4-3-5-7-10)15(16(19)20-2)13(17)9-14(12)18/h3-7,11-15,18H,8-9H2,1-2H3/t11-,12+,13+,14-,15-/m0/s1. The van der Waals surface area contributed by atoms with E-state index in [1.807, 2.05) is 25.2 Å². The zero-order chi connectivity index (χ0) is 14.3. The number of carbonyl (C=O) groups is 1. The van der Waals surface area contributed by atoms with Gasteiger partial charge in [0, 0.05) is 18.0 Å². The maximum atomic E-state index is 12.3. The summed E-state index contributed by atoms with van der Waals surface area (Å²) in [6.45, 7) is 0. The molecule has 0 radical (unpaired) electrons. The molecule has 2 aliphatic heterocycles. The van der Waals surface area contributed by atoms with Gasteiger partial charge in [-0.15, -0.1) is 0 Å². The Balaban J connectivity index is 1.98. The summed E-state index contributed by atoms with van der Waals surface area (Å²) in [6.07, 6.45) is 1.12. The summed E-state index contributed by atoms with van der Waals surface area (Å²) in [6, 6.07) is 10.3. The number of aliphatic hydroxyl groups is 1. The van der Waals surface area contributed by atoms with E-state index in [-0.39, 0.29) is 36.0 Å². The van der Waals surface area contributed by atoms with Gasteiger partial charge < -0.3 is 9.84 Å². The molecule has 3 rings (SSSR count). The summed E-state index contributed by atoms with van der Waals surface area (Å²) < 4.78 is 5.03. The van der Waals surface area contributed by atoms with Crippen LogP contribution in [0.1, 0.15) is 24.3 Å². The highest BCUT2D eigenvalue weighted by Gasteiger charge is 2.53. The number of methoxy groups -OCH3 is 1. The van der Waals surface area contributed by atoms with Gasteiger partial charge in [0.25, 0.3) is 0 Å². The number of piperidine rings is 1. The lowest BCUT2D eigenvalue weighted by atomic mass is 9.76. The van der Waals surface area contributed by atoms with Gasteiger partial charge >= 0.3 is 5.97 Å². The molecular formula is C16H21NO3. The largest absolute Gasteiger partial charge is 0.469 e. The molecule has 2 bridgehead atoms. The lowest BCUT2D eigenvalue weighted by molar-refractivity contribution is -0.150. The van der Waals surface area contributed by atoms with Gasteiger partial charge in [-0.2, -0.15) is 0 Å². The summed E-state index contributed by atoms with van der Waals surface area (Å²) in [7, 11) is 3.45. The minimum atomic E-state index is -0.342. The van der Waals surface area contributed by atoms with Crippen molar-refractivity contribution in [2.24, 2.45) is 5.92 Å². The second kappa shape index (κ2) is 5.19. The summed E-state index contributed by atoms with van der Waals surface area (Å²) in [5, 5.41) is 10.2. The zero-order valence-corrected chi connectivity index (χ0v) is 11.9. The Morgan fingerprint density at radius 1 is 1.25 bits per heavy atom. The number of aliphatic hydroxyl groups excluding tert-OH is 1. The van der Waals surface area contributed by atoms with Crippen LogP contribution in [0.3, 0.4) is 0 Å². The zero-order valence-electron chi connectivity index (χ0n) is 11.9. The van der Waals surface area contributed by atoms with E-state index in [0.29, 0.717) is 6.42 Å². The van der Waals surface area contributed by atoms with Crippen LogP contribution in [0.15, 0.2) is 30.3 Å². The first-order chi connectivity index (χ1) is 9.63. The van der Waals surface area contributed by atoms with E-state index in [4.69, 9.17) is 4.74 Å². The minimum Gasteiger partial charge on any atom is -0.469 e. The number of fused-ring (bicyclic) bond motifs is 2. The molecule has 1 N–H and O–H groups in total. The third kappa shape index (κ3) is 2.03.